The molecule has 0 spiro atoms. The summed E-state index contributed by atoms with van der Waals surface area (Å²) in [5.74, 6) is 0. The molecule has 0 fully saturated rings. The normalized spacial score (nSPS) is 12.8. The van der Waals surface area contributed by atoms with Gasteiger partial charge >= 0.3 is 0 Å². The molecule has 40 heavy (non-hydrogen) atoms. The number of aromatic nitrogens is 2. The third-order valence-corrected chi connectivity index (χ3v) is 8.26. The van der Waals surface area contributed by atoms with Gasteiger partial charge in [-0.15, -0.1) is 0 Å². The van der Waals surface area contributed by atoms with Crippen molar-refractivity contribution in [2.75, 3.05) is 7.05 Å². The van der Waals surface area contributed by atoms with Crippen molar-refractivity contribution < 1.29 is 0 Å². The Hall–Kier alpha value is -5.15. The zero-order valence-corrected chi connectivity index (χ0v) is 22.5. The first kappa shape index (κ1) is 22.8. The van der Waals surface area contributed by atoms with Crippen LogP contribution in [0.3, 0.4) is 0 Å². The van der Waals surface area contributed by atoms with Crippen molar-refractivity contribution in [3.8, 4) is 5.69 Å². The van der Waals surface area contributed by atoms with E-state index in [-0.39, 0.29) is 0 Å². The van der Waals surface area contributed by atoms with Crippen LogP contribution in [0.4, 0.5) is 0 Å². The lowest BCUT2D eigenvalue weighted by Gasteiger charge is -2.13. The molecule has 3 nitrogen and oxygen atoms in total. The molecule has 0 saturated heterocycles. The summed E-state index contributed by atoms with van der Waals surface area (Å²) in [7, 11) is 1.82. The SMILES string of the molecule is C/C=C(\C=NC)c1cccc(-n2c3ccccc3c3c4c5ccccc5n5c6ccccc6cc5c4ccc32)c1. The fourth-order valence-electron chi connectivity index (χ4n) is 6.60. The molecular weight excluding hydrogens is 486 g/mol. The van der Waals surface area contributed by atoms with E-state index in [0.29, 0.717) is 0 Å². The summed E-state index contributed by atoms with van der Waals surface area (Å²) in [6.45, 7) is 2.06. The number of para-hydroxylation sites is 3. The molecule has 0 amide bonds. The van der Waals surface area contributed by atoms with E-state index in [1.54, 1.807) is 0 Å². The molecule has 3 heteroatoms. The molecule has 0 bridgehead atoms. The maximum absolute atomic E-state index is 4.28. The standard InChI is InChI=1S/C37H27N3/c1-3-24(23-38-2)25-12-10-13-27(21-25)39-32-17-8-6-15-29(32)37-34(39)20-19-30-35-22-26-11-4-7-16-31(26)40(35)33-18-9-5-14-28(33)36(30)37/h3-23H,1-2H3/b24-3+,38-23?. The van der Waals surface area contributed by atoms with Gasteiger partial charge in [0.05, 0.1) is 27.6 Å². The van der Waals surface area contributed by atoms with Gasteiger partial charge in [-0.1, -0.05) is 78.9 Å². The molecule has 0 aliphatic rings. The van der Waals surface area contributed by atoms with E-state index in [2.05, 4.69) is 142 Å². The minimum Gasteiger partial charge on any atom is -0.309 e. The predicted molar refractivity (Wildman–Crippen MR) is 172 cm³/mol. The van der Waals surface area contributed by atoms with Crippen molar-refractivity contribution in [2.45, 2.75) is 6.92 Å². The Balaban J connectivity index is 1.56. The predicted octanol–water partition coefficient (Wildman–Crippen LogP) is 9.60. The van der Waals surface area contributed by atoms with Crippen LogP contribution in [0.15, 0.2) is 126 Å². The number of allylic oxidation sites excluding steroid dienone is 2. The van der Waals surface area contributed by atoms with E-state index in [0.717, 1.165) is 16.8 Å². The van der Waals surface area contributed by atoms with E-state index < -0.39 is 0 Å². The highest BCUT2D eigenvalue weighted by molar-refractivity contribution is 6.31. The van der Waals surface area contributed by atoms with E-state index in [9.17, 15) is 0 Å². The van der Waals surface area contributed by atoms with Gasteiger partial charge in [-0.3, -0.25) is 4.99 Å². The molecule has 8 rings (SSSR count). The van der Waals surface area contributed by atoms with Crippen LogP contribution in [-0.2, 0) is 0 Å². The molecule has 5 aromatic carbocycles. The first-order chi connectivity index (χ1) is 19.8. The Morgan fingerprint density at radius 1 is 0.600 bits per heavy atom. The van der Waals surface area contributed by atoms with Crippen molar-refractivity contribution in [2.24, 2.45) is 4.99 Å². The average Bonchev–Trinajstić information content (AvgIpc) is 3.56. The Morgan fingerprint density at radius 2 is 1.30 bits per heavy atom. The number of hydrogen-bond donors (Lipinski definition) is 0. The Labute approximate surface area is 231 Å². The van der Waals surface area contributed by atoms with Crippen LogP contribution < -0.4 is 0 Å². The summed E-state index contributed by atoms with van der Waals surface area (Å²) in [4.78, 5) is 4.28. The lowest BCUT2D eigenvalue weighted by atomic mass is 9.99. The van der Waals surface area contributed by atoms with Gasteiger partial charge in [0, 0.05) is 51.3 Å². The molecule has 0 saturated carbocycles. The number of rotatable bonds is 3. The highest BCUT2D eigenvalue weighted by Gasteiger charge is 2.19. The number of fused-ring (bicyclic) bond motifs is 12. The number of aliphatic imine (C=N–C) groups is 1. The molecule has 3 heterocycles. The molecule has 0 N–H and O–H groups in total. The van der Waals surface area contributed by atoms with Gasteiger partial charge < -0.3 is 8.97 Å². The van der Waals surface area contributed by atoms with Gasteiger partial charge in [0.1, 0.15) is 0 Å². The Kier molecular flexibility index (Phi) is 4.95. The van der Waals surface area contributed by atoms with Gasteiger partial charge in [-0.05, 0) is 60.5 Å². The van der Waals surface area contributed by atoms with Crippen LogP contribution in [0.1, 0.15) is 12.5 Å². The minimum absolute atomic E-state index is 1.12. The first-order valence-electron chi connectivity index (χ1n) is 13.7. The summed E-state index contributed by atoms with van der Waals surface area (Å²) in [6.07, 6.45) is 4.04. The van der Waals surface area contributed by atoms with Gasteiger partial charge in [0.15, 0.2) is 0 Å². The van der Waals surface area contributed by atoms with Crippen molar-refractivity contribution >= 4 is 71.7 Å². The third kappa shape index (κ3) is 3.09. The monoisotopic (exact) mass is 513 g/mol. The lowest BCUT2D eigenvalue weighted by molar-refractivity contribution is 1.18. The average molecular weight is 514 g/mol. The number of nitrogens with zero attached hydrogens (tertiary/aromatic N) is 3. The fourth-order valence-corrected chi connectivity index (χ4v) is 6.60. The topological polar surface area (TPSA) is 21.7 Å². The lowest BCUT2D eigenvalue weighted by Crippen LogP contribution is -1.96. The summed E-state index contributed by atoms with van der Waals surface area (Å²) in [5.41, 5.74) is 9.55. The second-order valence-electron chi connectivity index (χ2n) is 10.4. The van der Waals surface area contributed by atoms with E-state index in [1.165, 1.54) is 59.9 Å². The summed E-state index contributed by atoms with van der Waals surface area (Å²) in [5, 5.41) is 7.67. The number of pyridine rings is 1. The van der Waals surface area contributed by atoms with E-state index in [1.807, 2.05) is 13.3 Å². The van der Waals surface area contributed by atoms with Gasteiger partial charge in [0.2, 0.25) is 0 Å². The van der Waals surface area contributed by atoms with Crippen molar-refractivity contribution in [3.63, 3.8) is 0 Å². The minimum atomic E-state index is 1.12. The van der Waals surface area contributed by atoms with Crippen molar-refractivity contribution in [1.29, 1.82) is 0 Å². The molecule has 0 unspecified atom stereocenters. The Morgan fingerprint density at radius 3 is 2.10 bits per heavy atom. The van der Waals surface area contributed by atoms with E-state index in [4.69, 9.17) is 0 Å². The second kappa shape index (κ2) is 8.69. The molecule has 0 atom stereocenters. The molecule has 8 aromatic rings. The van der Waals surface area contributed by atoms with Crippen molar-refractivity contribution in [1.82, 2.24) is 8.97 Å². The first-order valence-corrected chi connectivity index (χ1v) is 13.7. The second-order valence-corrected chi connectivity index (χ2v) is 10.4. The number of benzene rings is 5. The fraction of sp³-hybridized carbons (Fsp3) is 0.0541. The summed E-state index contributed by atoms with van der Waals surface area (Å²) >= 11 is 0. The molecular formula is C37H27N3. The highest BCUT2D eigenvalue weighted by Crippen LogP contribution is 2.42. The Bertz CT molecular complexity index is 2340. The summed E-state index contributed by atoms with van der Waals surface area (Å²) in [6, 6.07) is 42.1. The maximum atomic E-state index is 4.28. The van der Waals surface area contributed by atoms with E-state index >= 15 is 0 Å². The highest BCUT2D eigenvalue weighted by atomic mass is 15.0. The molecule has 190 valence electrons. The van der Waals surface area contributed by atoms with Crippen LogP contribution in [0, 0.1) is 0 Å². The third-order valence-electron chi connectivity index (χ3n) is 8.26. The van der Waals surface area contributed by atoms with Crippen LogP contribution in [0.25, 0.3) is 71.2 Å². The molecule has 0 aliphatic heterocycles. The molecule has 3 aromatic heterocycles. The van der Waals surface area contributed by atoms with Crippen LogP contribution in [-0.4, -0.2) is 22.2 Å². The molecule has 0 aliphatic carbocycles. The molecule has 0 radical (unpaired) electrons. The summed E-state index contributed by atoms with van der Waals surface area (Å²) < 4.78 is 4.84. The van der Waals surface area contributed by atoms with Crippen molar-refractivity contribution in [3.05, 3.63) is 127 Å². The van der Waals surface area contributed by atoms with Gasteiger partial charge in [-0.25, -0.2) is 0 Å². The quantitative estimate of drug-likeness (QED) is 0.166. The zero-order valence-electron chi connectivity index (χ0n) is 22.5. The zero-order chi connectivity index (χ0) is 26.8. The largest absolute Gasteiger partial charge is 0.309 e. The van der Waals surface area contributed by atoms with Gasteiger partial charge in [0.25, 0.3) is 0 Å². The smallest absolute Gasteiger partial charge is 0.0547 e. The maximum Gasteiger partial charge on any atom is 0.0547 e. The van der Waals surface area contributed by atoms with Crippen LogP contribution in [0.5, 0.6) is 0 Å². The van der Waals surface area contributed by atoms with Crippen LogP contribution in [0.2, 0.25) is 0 Å². The number of hydrogen-bond acceptors (Lipinski definition) is 1. The van der Waals surface area contributed by atoms with Gasteiger partial charge in [-0.2, -0.15) is 0 Å². The van der Waals surface area contributed by atoms with Crippen LogP contribution >= 0.6 is 0 Å².